The van der Waals surface area contributed by atoms with Crippen molar-refractivity contribution in [1.82, 2.24) is 0 Å². The van der Waals surface area contributed by atoms with E-state index in [2.05, 4.69) is 9.62 Å². The average molecular weight is 365 g/mol. The van der Waals surface area contributed by atoms with Crippen molar-refractivity contribution in [1.29, 1.82) is 0 Å². The van der Waals surface area contributed by atoms with Gasteiger partial charge in [-0.2, -0.15) is 0 Å². The Kier molecular flexibility index (Phi) is 5.01. The van der Waals surface area contributed by atoms with Crippen LogP contribution in [0, 0.1) is 6.92 Å². The van der Waals surface area contributed by atoms with Crippen LogP contribution in [0.2, 0.25) is 5.02 Å². The number of halogens is 1. The number of nitrogens with zero attached hydrogens (tertiary/aromatic N) is 1. The molecule has 0 amide bonds. The molecule has 6 heteroatoms. The van der Waals surface area contributed by atoms with Crippen LogP contribution in [-0.4, -0.2) is 21.5 Å². The highest BCUT2D eigenvalue weighted by atomic mass is 35.5. The van der Waals surface area contributed by atoms with Crippen molar-refractivity contribution < 1.29 is 8.42 Å². The lowest BCUT2D eigenvalue weighted by molar-refractivity contribution is 0.578. The topological polar surface area (TPSA) is 49.4 Å². The largest absolute Gasteiger partial charge is 0.372 e. The summed E-state index contributed by atoms with van der Waals surface area (Å²) >= 11 is 6.03. The van der Waals surface area contributed by atoms with Crippen LogP contribution in [0.25, 0.3) is 0 Å². The summed E-state index contributed by atoms with van der Waals surface area (Å²) in [6, 6.07) is 12.3. The molecule has 0 saturated carbocycles. The molecule has 4 nitrogen and oxygen atoms in total. The molecule has 1 aliphatic heterocycles. The summed E-state index contributed by atoms with van der Waals surface area (Å²) in [6.45, 7) is 3.96. The van der Waals surface area contributed by atoms with Gasteiger partial charge in [0.1, 0.15) is 0 Å². The van der Waals surface area contributed by atoms with Gasteiger partial charge in [0.2, 0.25) is 0 Å². The first-order chi connectivity index (χ1) is 11.5. The van der Waals surface area contributed by atoms with Gasteiger partial charge in [0.15, 0.2) is 0 Å². The molecule has 0 atom stereocenters. The zero-order chi connectivity index (χ0) is 17.2. The van der Waals surface area contributed by atoms with Crippen molar-refractivity contribution in [3.05, 3.63) is 53.1 Å². The van der Waals surface area contributed by atoms with Crippen LogP contribution in [0.1, 0.15) is 24.8 Å². The third-order valence-electron chi connectivity index (χ3n) is 4.29. The van der Waals surface area contributed by atoms with E-state index in [0.717, 1.165) is 24.3 Å². The number of sulfonamides is 1. The Labute approximate surface area is 148 Å². The fourth-order valence-electron chi connectivity index (χ4n) is 2.85. The van der Waals surface area contributed by atoms with Gasteiger partial charge in [-0.25, -0.2) is 8.42 Å². The SMILES string of the molecule is Cc1ccc(S(=O)(=O)Nc2ccc(N3CCCCC3)cc2)cc1Cl. The fraction of sp³-hybridized carbons (Fsp3) is 0.333. The van der Waals surface area contributed by atoms with E-state index in [4.69, 9.17) is 11.6 Å². The normalized spacial score (nSPS) is 15.3. The second-order valence-corrected chi connectivity index (χ2v) is 8.20. The number of rotatable bonds is 4. The second-order valence-electron chi connectivity index (χ2n) is 6.11. The summed E-state index contributed by atoms with van der Waals surface area (Å²) < 4.78 is 27.5. The molecule has 128 valence electrons. The lowest BCUT2D eigenvalue weighted by Crippen LogP contribution is -2.29. The minimum absolute atomic E-state index is 0.165. The molecule has 1 aliphatic rings. The van der Waals surface area contributed by atoms with E-state index in [1.807, 2.05) is 19.1 Å². The first-order valence-electron chi connectivity index (χ1n) is 8.10. The first kappa shape index (κ1) is 17.1. The quantitative estimate of drug-likeness (QED) is 0.872. The van der Waals surface area contributed by atoms with Crippen LogP contribution < -0.4 is 9.62 Å². The van der Waals surface area contributed by atoms with Crippen LogP contribution in [-0.2, 0) is 10.0 Å². The summed E-state index contributed by atoms with van der Waals surface area (Å²) in [5.41, 5.74) is 2.53. The Bertz CT molecular complexity index is 813. The van der Waals surface area contributed by atoms with Gasteiger partial charge >= 0.3 is 0 Å². The minimum Gasteiger partial charge on any atom is -0.372 e. The maximum atomic E-state index is 12.5. The highest BCUT2D eigenvalue weighted by molar-refractivity contribution is 7.92. The van der Waals surface area contributed by atoms with E-state index in [0.29, 0.717) is 10.7 Å². The standard InChI is InChI=1S/C18H21ClN2O2S/c1-14-5-10-17(13-18(14)19)24(22,23)20-15-6-8-16(9-7-15)21-11-3-2-4-12-21/h5-10,13,20H,2-4,11-12H2,1H3. The number of nitrogens with one attached hydrogen (secondary N) is 1. The molecule has 1 heterocycles. The molecule has 24 heavy (non-hydrogen) atoms. The van der Waals surface area contributed by atoms with E-state index in [1.54, 1.807) is 24.3 Å². The van der Waals surface area contributed by atoms with Crippen LogP contribution >= 0.6 is 11.6 Å². The van der Waals surface area contributed by atoms with E-state index < -0.39 is 10.0 Å². The van der Waals surface area contributed by atoms with Crippen molar-refractivity contribution in [2.75, 3.05) is 22.7 Å². The monoisotopic (exact) mass is 364 g/mol. The van der Waals surface area contributed by atoms with Gasteiger partial charge in [-0.3, -0.25) is 4.72 Å². The van der Waals surface area contributed by atoms with E-state index in [9.17, 15) is 8.42 Å². The fourth-order valence-corrected chi connectivity index (χ4v) is 4.18. The Balaban J connectivity index is 1.76. The molecule has 0 bridgehead atoms. The molecule has 1 N–H and O–H groups in total. The zero-order valence-corrected chi connectivity index (χ0v) is 15.2. The van der Waals surface area contributed by atoms with Gasteiger partial charge in [0.05, 0.1) is 4.90 Å². The van der Waals surface area contributed by atoms with Crippen LogP contribution in [0.5, 0.6) is 0 Å². The van der Waals surface area contributed by atoms with Crippen LogP contribution in [0.3, 0.4) is 0 Å². The van der Waals surface area contributed by atoms with Gasteiger partial charge in [-0.1, -0.05) is 17.7 Å². The number of benzene rings is 2. The lowest BCUT2D eigenvalue weighted by atomic mass is 10.1. The number of hydrogen-bond donors (Lipinski definition) is 1. The Morgan fingerprint density at radius 3 is 2.29 bits per heavy atom. The van der Waals surface area contributed by atoms with Crippen molar-refractivity contribution in [3.63, 3.8) is 0 Å². The molecule has 0 radical (unpaired) electrons. The van der Waals surface area contributed by atoms with Gasteiger partial charge in [0, 0.05) is 29.5 Å². The summed E-state index contributed by atoms with van der Waals surface area (Å²) in [5.74, 6) is 0. The molecule has 1 fully saturated rings. The van der Waals surface area contributed by atoms with E-state index in [1.165, 1.54) is 25.3 Å². The van der Waals surface area contributed by atoms with Crippen molar-refractivity contribution in [3.8, 4) is 0 Å². The van der Waals surface area contributed by atoms with E-state index >= 15 is 0 Å². The first-order valence-corrected chi connectivity index (χ1v) is 9.96. The van der Waals surface area contributed by atoms with E-state index in [-0.39, 0.29) is 4.90 Å². The van der Waals surface area contributed by atoms with Gasteiger partial charge in [-0.05, 0) is 68.1 Å². The Hall–Kier alpha value is -1.72. The highest BCUT2D eigenvalue weighted by Crippen LogP contribution is 2.25. The third kappa shape index (κ3) is 3.84. The predicted molar refractivity (Wildman–Crippen MR) is 99.5 cm³/mol. The number of aryl methyl sites for hydroxylation is 1. The summed E-state index contributed by atoms with van der Waals surface area (Å²) in [6.07, 6.45) is 3.71. The molecule has 0 aromatic heterocycles. The summed E-state index contributed by atoms with van der Waals surface area (Å²) in [4.78, 5) is 2.50. The predicted octanol–water partition coefficient (Wildman–Crippen LogP) is 4.44. The molecular weight excluding hydrogens is 344 g/mol. The van der Waals surface area contributed by atoms with Crippen LogP contribution in [0.15, 0.2) is 47.4 Å². The lowest BCUT2D eigenvalue weighted by Gasteiger charge is -2.28. The molecule has 0 aliphatic carbocycles. The molecule has 2 aromatic rings. The van der Waals surface area contributed by atoms with Crippen LogP contribution in [0.4, 0.5) is 11.4 Å². The maximum Gasteiger partial charge on any atom is 0.261 e. The number of anilines is 2. The number of piperidine rings is 1. The molecule has 0 unspecified atom stereocenters. The molecule has 0 spiro atoms. The maximum absolute atomic E-state index is 12.5. The van der Waals surface area contributed by atoms with Crippen molar-refractivity contribution >= 4 is 33.0 Å². The Morgan fingerprint density at radius 1 is 1.00 bits per heavy atom. The average Bonchev–Trinajstić information content (AvgIpc) is 2.58. The Morgan fingerprint density at radius 2 is 1.67 bits per heavy atom. The smallest absolute Gasteiger partial charge is 0.261 e. The second kappa shape index (κ2) is 7.03. The third-order valence-corrected chi connectivity index (χ3v) is 6.08. The van der Waals surface area contributed by atoms with Crippen molar-refractivity contribution in [2.45, 2.75) is 31.1 Å². The van der Waals surface area contributed by atoms with Gasteiger partial charge < -0.3 is 4.90 Å². The summed E-state index contributed by atoms with van der Waals surface area (Å²) in [5, 5.41) is 0.443. The summed E-state index contributed by atoms with van der Waals surface area (Å²) in [7, 11) is -3.64. The van der Waals surface area contributed by atoms with Gasteiger partial charge in [-0.15, -0.1) is 0 Å². The number of hydrogen-bond acceptors (Lipinski definition) is 3. The molecule has 2 aromatic carbocycles. The van der Waals surface area contributed by atoms with Gasteiger partial charge in [0.25, 0.3) is 10.0 Å². The molecular formula is C18H21ClN2O2S. The zero-order valence-electron chi connectivity index (χ0n) is 13.6. The molecule has 1 saturated heterocycles. The molecule has 3 rings (SSSR count). The van der Waals surface area contributed by atoms with Crippen molar-refractivity contribution in [2.24, 2.45) is 0 Å². The highest BCUT2D eigenvalue weighted by Gasteiger charge is 2.16. The minimum atomic E-state index is -3.64.